The fraction of sp³-hybridized carbons (Fsp3) is 0.269. The van der Waals surface area contributed by atoms with E-state index in [-0.39, 0.29) is 29.2 Å². The van der Waals surface area contributed by atoms with Crippen molar-refractivity contribution in [3.8, 4) is 0 Å². The monoisotopic (exact) mass is 531 g/mol. The summed E-state index contributed by atoms with van der Waals surface area (Å²) in [6.45, 7) is 2.02. The molecular formula is C26H27Cl2N3O3S. The molecule has 0 bridgehead atoms. The molecule has 1 saturated heterocycles. The van der Waals surface area contributed by atoms with Gasteiger partial charge in [0, 0.05) is 31.2 Å². The zero-order valence-corrected chi connectivity index (χ0v) is 21.7. The maximum atomic E-state index is 13.2. The number of halogens is 2. The summed E-state index contributed by atoms with van der Waals surface area (Å²) in [6.07, 6.45) is 1.06. The van der Waals surface area contributed by atoms with E-state index in [0.717, 1.165) is 10.6 Å². The number of amides is 1. The fourth-order valence-electron chi connectivity index (χ4n) is 4.40. The molecule has 4 rings (SSSR count). The van der Waals surface area contributed by atoms with Crippen molar-refractivity contribution in [1.82, 2.24) is 9.80 Å². The molecule has 184 valence electrons. The van der Waals surface area contributed by atoms with Gasteiger partial charge in [0.1, 0.15) is 6.54 Å². The zero-order chi connectivity index (χ0) is 25.0. The summed E-state index contributed by atoms with van der Waals surface area (Å²) in [4.78, 5) is 17.2. The van der Waals surface area contributed by atoms with Gasteiger partial charge in [0.25, 0.3) is 0 Å². The van der Waals surface area contributed by atoms with Crippen molar-refractivity contribution in [2.75, 3.05) is 43.3 Å². The highest BCUT2D eigenvalue weighted by atomic mass is 35.5. The minimum absolute atomic E-state index is 0.0787. The van der Waals surface area contributed by atoms with Crippen LogP contribution in [0.5, 0.6) is 0 Å². The predicted octanol–water partition coefficient (Wildman–Crippen LogP) is 4.69. The third-order valence-electron chi connectivity index (χ3n) is 6.12. The Labute approximate surface area is 216 Å². The molecule has 35 heavy (non-hydrogen) atoms. The number of carbonyl (C=O) groups excluding carboxylic acids is 1. The average molecular weight is 532 g/mol. The third-order valence-corrected chi connectivity index (χ3v) is 7.78. The standard InChI is InChI=1S/C26H27Cl2N3O3S/c1-35(33,34)31(24-13-12-22(27)18-23(24)28)19-25(32)29-14-16-30(17-15-29)26(20-8-4-2-5-9-20)21-10-6-3-7-11-21/h2-13,18,26H,14-17,19H2,1H3. The Morgan fingerprint density at radius 3 is 1.91 bits per heavy atom. The molecule has 0 spiro atoms. The van der Waals surface area contributed by atoms with E-state index in [1.54, 1.807) is 11.0 Å². The van der Waals surface area contributed by atoms with Gasteiger partial charge in [0.05, 0.1) is 23.0 Å². The quantitative estimate of drug-likeness (QED) is 0.443. The SMILES string of the molecule is CS(=O)(=O)N(CC(=O)N1CCN(C(c2ccccc2)c2ccccc2)CC1)c1ccc(Cl)cc1Cl. The topological polar surface area (TPSA) is 60.9 Å². The fourth-order valence-corrected chi connectivity index (χ4v) is 5.82. The van der Waals surface area contributed by atoms with Gasteiger partial charge in [-0.25, -0.2) is 8.42 Å². The van der Waals surface area contributed by atoms with Gasteiger partial charge < -0.3 is 4.90 Å². The molecule has 1 aliphatic heterocycles. The van der Waals surface area contributed by atoms with Crippen LogP contribution in [0.2, 0.25) is 10.0 Å². The van der Waals surface area contributed by atoms with Crippen molar-refractivity contribution in [1.29, 1.82) is 0 Å². The van der Waals surface area contributed by atoms with E-state index in [1.807, 2.05) is 36.4 Å². The van der Waals surface area contributed by atoms with Crippen molar-refractivity contribution in [2.45, 2.75) is 6.04 Å². The largest absolute Gasteiger partial charge is 0.339 e. The van der Waals surface area contributed by atoms with Crippen LogP contribution in [-0.2, 0) is 14.8 Å². The molecule has 1 aliphatic rings. The molecule has 1 fully saturated rings. The van der Waals surface area contributed by atoms with Crippen molar-refractivity contribution in [3.63, 3.8) is 0 Å². The van der Waals surface area contributed by atoms with Gasteiger partial charge >= 0.3 is 0 Å². The number of piperazine rings is 1. The number of hydrogen-bond donors (Lipinski definition) is 0. The van der Waals surface area contributed by atoms with E-state index in [0.29, 0.717) is 31.2 Å². The molecule has 0 aliphatic carbocycles. The second kappa shape index (κ2) is 11.0. The Kier molecular flexibility index (Phi) is 8.02. The van der Waals surface area contributed by atoms with Crippen molar-refractivity contribution < 1.29 is 13.2 Å². The van der Waals surface area contributed by atoms with Gasteiger partial charge in [0.15, 0.2) is 0 Å². The molecule has 1 heterocycles. The van der Waals surface area contributed by atoms with Crippen LogP contribution in [0.4, 0.5) is 5.69 Å². The van der Waals surface area contributed by atoms with Crippen LogP contribution in [0.3, 0.4) is 0 Å². The smallest absolute Gasteiger partial charge is 0.243 e. The summed E-state index contributed by atoms with van der Waals surface area (Å²) < 4.78 is 26.0. The number of nitrogens with zero attached hydrogens (tertiary/aromatic N) is 3. The number of carbonyl (C=O) groups is 1. The van der Waals surface area contributed by atoms with E-state index >= 15 is 0 Å². The van der Waals surface area contributed by atoms with Crippen molar-refractivity contribution in [2.24, 2.45) is 0 Å². The molecule has 0 radical (unpaired) electrons. The van der Waals surface area contributed by atoms with Gasteiger partial charge in [0.2, 0.25) is 15.9 Å². The minimum atomic E-state index is -3.74. The number of hydrogen-bond acceptors (Lipinski definition) is 4. The van der Waals surface area contributed by atoms with Gasteiger partial charge in [-0.1, -0.05) is 83.9 Å². The number of anilines is 1. The summed E-state index contributed by atoms with van der Waals surface area (Å²) in [5.41, 5.74) is 2.62. The molecule has 0 saturated carbocycles. The highest BCUT2D eigenvalue weighted by Gasteiger charge is 2.30. The first-order chi connectivity index (χ1) is 16.7. The summed E-state index contributed by atoms with van der Waals surface area (Å²) >= 11 is 12.2. The van der Waals surface area contributed by atoms with Crippen LogP contribution < -0.4 is 4.31 Å². The lowest BCUT2D eigenvalue weighted by Crippen LogP contribution is -2.52. The summed E-state index contributed by atoms with van der Waals surface area (Å²) in [6, 6.07) is 25.2. The summed E-state index contributed by atoms with van der Waals surface area (Å²) in [5, 5.41) is 0.565. The normalized spacial score (nSPS) is 14.8. The lowest BCUT2D eigenvalue weighted by atomic mass is 9.96. The van der Waals surface area contributed by atoms with Crippen LogP contribution in [-0.4, -0.2) is 63.1 Å². The van der Waals surface area contributed by atoms with E-state index in [9.17, 15) is 13.2 Å². The van der Waals surface area contributed by atoms with Gasteiger partial charge in [-0.15, -0.1) is 0 Å². The second-order valence-corrected chi connectivity index (χ2v) is 11.3. The summed E-state index contributed by atoms with van der Waals surface area (Å²) in [7, 11) is -3.74. The zero-order valence-electron chi connectivity index (χ0n) is 19.3. The molecule has 6 nitrogen and oxygen atoms in total. The van der Waals surface area contributed by atoms with Crippen molar-refractivity contribution in [3.05, 3.63) is 100 Å². The van der Waals surface area contributed by atoms with Crippen LogP contribution >= 0.6 is 23.2 Å². The van der Waals surface area contributed by atoms with E-state index in [2.05, 4.69) is 29.2 Å². The van der Waals surface area contributed by atoms with Gasteiger partial charge in [-0.3, -0.25) is 14.0 Å². The average Bonchev–Trinajstić information content (AvgIpc) is 2.84. The predicted molar refractivity (Wildman–Crippen MR) is 142 cm³/mol. The Bertz CT molecular complexity index is 1230. The van der Waals surface area contributed by atoms with Gasteiger partial charge in [-0.2, -0.15) is 0 Å². The van der Waals surface area contributed by atoms with Crippen LogP contribution in [0.25, 0.3) is 0 Å². The number of rotatable bonds is 7. The summed E-state index contributed by atoms with van der Waals surface area (Å²) in [5.74, 6) is -0.267. The number of sulfonamides is 1. The third kappa shape index (κ3) is 6.16. The maximum Gasteiger partial charge on any atom is 0.243 e. The molecule has 0 atom stereocenters. The Hall–Kier alpha value is -2.58. The lowest BCUT2D eigenvalue weighted by Gasteiger charge is -2.40. The van der Waals surface area contributed by atoms with E-state index in [4.69, 9.17) is 23.2 Å². The van der Waals surface area contributed by atoms with Crippen molar-refractivity contribution >= 4 is 44.8 Å². The van der Waals surface area contributed by atoms with Crippen LogP contribution in [0.15, 0.2) is 78.9 Å². The maximum absolute atomic E-state index is 13.2. The Balaban J connectivity index is 1.48. The molecule has 0 N–H and O–H groups in total. The van der Waals surface area contributed by atoms with E-state index in [1.165, 1.54) is 23.3 Å². The Morgan fingerprint density at radius 1 is 0.886 bits per heavy atom. The molecule has 1 amide bonds. The highest BCUT2D eigenvalue weighted by Crippen LogP contribution is 2.31. The second-order valence-electron chi connectivity index (χ2n) is 8.51. The molecular weight excluding hydrogens is 505 g/mol. The first kappa shape index (κ1) is 25.5. The number of benzene rings is 3. The first-order valence-electron chi connectivity index (χ1n) is 11.3. The lowest BCUT2D eigenvalue weighted by molar-refractivity contribution is -0.131. The molecule has 3 aromatic carbocycles. The molecule has 3 aromatic rings. The van der Waals surface area contributed by atoms with Gasteiger partial charge in [-0.05, 0) is 29.3 Å². The molecule has 0 unspecified atom stereocenters. The molecule has 9 heteroatoms. The molecule has 0 aromatic heterocycles. The van der Waals surface area contributed by atoms with Crippen LogP contribution in [0.1, 0.15) is 17.2 Å². The Morgan fingerprint density at radius 2 is 1.43 bits per heavy atom. The first-order valence-corrected chi connectivity index (χ1v) is 13.9. The van der Waals surface area contributed by atoms with Crippen LogP contribution in [0, 0.1) is 0 Å². The minimum Gasteiger partial charge on any atom is -0.339 e. The van der Waals surface area contributed by atoms with E-state index < -0.39 is 10.0 Å². The highest BCUT2D eigenvalue weighted by molar-refractivity contribution is 7.92.